The molecule has 0 bridgehead atoms. The van der Waals surface area contributed by atoms with Gasteiger partial charge in [-0.05, 0) is 137 Å². The first kappa shape index (κ1) is 70.8. The number of rotatable bonds is 9. The number of aromatic nitrogens is 8. The first-order chi connectivity index (χ1) is 63.0. The molecule has 10 nitrogen and oxygen atoms in total. The van der Waals surface area contributed by atoms with Crippen molar-refractivity contribution in [3.63, 3.8) is 0 Å². The van der Waals surface area contributed by atoms with E-state index in [2.05, 4.69) is 419 Å². The second kappa shape index (κ2) is 27.8. The summed E-state index contributed by atoms with van der Waals surface area (Å²) in [6.07, 6.45) is 0. The molecule has 28 aromatic rings. The minimum absolute atomic E-state index is 0.623. The number of fused-ring (bicyclic) bond motifs is 28. The minimum Gasteiger partial charge on any atom is -0.455 e. The van der Waals surface area contributed by atoms with Gasteiger partial charge in [0.1, 0.15) is 22.3 Å². The summed E-state index contributed by atoms with van der Waals surface area (Å²) in [5.74, 6) is 1.25. The van der Waals surface area contributed by atoms with Gasteiger partial charge >= 0.3 is 0 Å². The summed E-state index contributed by atoms with van der Waals surface area (Å²) in [6.45, 7) is 0. The first-order valence-corrected chi connectivity index (χ1v) is 43.8. The van der Waals surface area contributed by atoms with E-state index < -0.39 is 0 Å². The Morgan fingerprint density at radius 2 is 0.559 bits per heavy atom. The molecular weight excluding hydrogens is 1570 g/mol. The maximum absolute atomic E-state index is 7.25. The van der Waals surface area contributed by atoms with Crippen molar-refractivity contribution in [3.8, 4) is 79.2 Å². The van der Waals surface area contributed by atoms with E-state index in [0.717, 1.165) is 186 Å². The van der Waals surface area contributed by atoms with Gasteiger partial charge in [-0.15, -0.1) is 11.3 Å². The van der Waals surface area contributed by atoms with Crippen LogP contribution in [0.1, 0.15) is 0 Å². The van der Waals surface area contributed by atoms with Gasteiger partial charge in [-0.25, -0.2) is 19.9 Å². The van der Waals surface area contributed by atoms with E-state index in [4.69, 9.17) is 28.8 Å². The predicted molar refractivity (Wildman–Crippen MR) is 529 cm³/mol. The highest BCUT2D eigenvalue weighted by Crippen LogP contribution is 2.50. The summed E-state index contributed by atoms with van der Waals surface area (Å²) >= 11 is 1.75. The van der Waals surface area contributed by atoms with Crippen LogP contribution in [0.3, 0.4) is 0 Å². The van der Waals surface area contributed by atoms with Crippen LogP contribution >= 0.6 is 11.3 Å². The summed E-state index contributed by atoms with van der Waals surface area (Å²) in [6, 6.07) is 147. The lowest BCUT2D eigenvalue weighted by Crippen LogP contribution is -2.03. The molecule has 28 rings (SSSR count). The summed E-state index contributed by atoms with van der Waals surface area (Å²) in [7, 11) is 0. The Morgan fingerprint density at radius 3 is 1.07 bits per heavy atom. The number of benzene rings is 19. The van der Waals surface area contributed by atoms with Crippen molar-refractivity contribution in [3.05, 3.63) is 413 Å². The highest BCUT2D eigenvalue weighted by Gasteiger charge is 2.29. The highest BCUT2D eigenvalue weighted by molar-refractivity contribution is 7.26. The Labute approximate surface area is 728 Å². The third-order valence-electron chi connectivity index (χ3n) is 26.0. The largest absolute Gasteiger partial charge is 0.455 e. The molecule has 590 valence electrons. The van der Waals surface area contributed by atoms with E-state index in [1.807, 2.05) is 12.1 Å². The third-order valence-corrected chi connectivity index (χ3v) is 27.2. The molecular formula is C116H68N8O2S. The second-order valence-electron chi connectivity index (χ2n) is 33.0. The van der Waals surface area contributed by atoms with Gasteiger partial charge in [0.15, 0.2) is 0 Å². The second-order valence-corrected chi connectivity index (χ2v) is 34.0. The molecule has 0 saturated carbocycles. The van der Waals surface area contributed by atoms with Crippen LogP contribution in [-0.4, -0.2) is 38.2 Å². The van der Waals surface area contributed by atoms with Crippen molar-refractivity contribution in [2.24, 2.45) is 0 Å². The van der Waals surface area contributed by atoms with Crippen molar-refractivity contribution in [2.75, 3.05) is 0 Å². The van der Waals surface area contributed by atoms with Gasteiger partial charge in [0.25, 0.3) is 0 Å². The SMILES string of the molecule is c1ccc(-c2ccc3c(c2)c2ccccc2n3-c2cc3c4ccc5c(c6ccccc6n5-c5nc(-c6ccccc6)c6ccccc6n5)c4oc3c3ccccc23)cc1.c1ccc(-c2cccc(-c3nc(-n4c5ccccc5c5c6oc7c8ccccc8c(-n8c9ccccc9c9cc(-c%10ccccc%10)ccc98)cc7c6ccc54)nc4c3sc3ccccc34)c2)cc1. The molecule has 127 heavy (non-hydrogen) atoms. The number of hydrogen-bond acceptors (Lipinski definition) is 7. The molecule has 0 fully saturated rings. The average molecular weight is 1640 g/mol. The van der Waals surface area contributed by atoms with Crippen LogP contribution < -0.4 is 0 Å². The lowest BCUT2D eigenvalue weighted by molar-refractivity contribution is 0.676. The van der Waals surface area contributed by atoms with E-state index in [0.29, 0.717) is 11.9 Å². The first-order valence-electron chi connectivity index (χ1n) is 43.0. The zero-order valence-electron chi connectivity index (χ0n) is 68.1. The fourth-order valence-corrected chi connectivity index (χ4v) is 21.5. The van der Waals surface area contributed by atoms with Crippen LogP contribution in [-0.2, 0) is 0 Å². The molecule has 0 unspecified atom stereocenters. The quantitative estimate of drug-likeness (QED) is 0.143. The Hall–Kier alpha value is -16.9. The molecule has 11 heteroatoms. The van der Waals surface area contributed by atoms with Crippen molar-refractivity contribution in [1.82, 2.24) is 38.2 Å². The summed E-state index contributed by atoms with van der Waals surface area (Å²) < 4.78 is 26.0. The molecule has 9 aromatic heterocycles. The normalized spacial score (nSPS) is 12.1. The van der Waals surface area contributed by atoms with Crippen molar-refractivity contribution in [2.45, 2.75) is 0 Å². The van der Waals surface area contributed by atoms with E-state index in [-0.39, 0.29) is 0 Å². The van der Waals surface area contributed by atoms with Crippen molar-refractivity contribution in [1.29, 1.82) is 0 Å². The molecule has 9 heterocycles. The van der Waals surface area contributed by atoms with Gasteiger partial charge < -0.3 is 18.0 Å². The van der Waals surface area contributed by atoms with Crippen LogP contribution in [0.25, 0.3) is 263 Å². The Morgan fingerprint density at radius 1 is 0.197 bits per heavy atom. The van der Waals surface area contributed by atoms with Gasteiger partial charge in [-0.2, -0.15) is 0 Å². The molecule has 0 aliphatic carbocycles. The Balaban J connectivity index is 0.000000133. The standard InChI is InChI=1S/C62H36N4OS.C54H32N4O/c1-3-16-37(17-4-1)39-20-15-21-41(34-39)57-61-58(47-26-11-14-29-55(47)68-61)64-62(63-57)66-51-28-13-10-25-46(51)56-53(66)33-31-45-49-36-54(42-22-7-8-24-44(42)59(49)67-60(45)56)65-50-27-12-9-23-43(50)48-35-40(30-32-52(48)65)38-18-5-2-6-19-38;1-3-15-33(16-4-1)35-27-29-47-42(31-35)37-20-10-13-25-45(37)57(47)49-32-43-39-28-30-48-50(53(39)59-52(43)38-21-8-7-19-36(38)49)41-23-11-14-26-46(41)58(48)54-55-44-24-12-9-22-40(44)51(56-54)34-17-5-2-6-18-34/h1-36H;1-32H. The van der Waals surface area contributed by atoms with Crippen LogP contribution in [0.5, 0.6) is 0 Å². The summed E-state index contributed by atoms with van der Waals surface area (Å²) in [4.78, 5) is 21.5. The van der Waals surface area contributed by atoms with Crippen LogP contribution in [0.4, 0.5) is 0 Å². The molecule has 0 radical (unpaired) electrons. The molecule has 0 amide bonds. The molecule has 0 N–H and O–H groups in total. The van der Waals surface area contributed by atoms with Gasteiger partial charge in [0.2, 0.25) is 11.9 Å². The maximum atomic E-state index is 7.25. The maximum Gasteiger partial charge on any atom is 0.235 e. The lowest BCUT2D eigenvalue weighted by Gasteiger charge is -2.13. The van der Waals surface area contributed by atoms with Crippen LogP contribution in [0.2, 0.25) is 0 Å². The number of thiophene rings is 1. The fourth-order valence-electron chi connectivity index (χ4n) is 20.4. The van der Waals surface area contributed by atoms with E-state index >= 15 is 0 Å². The number of hydrogen-bond donors (Lipinski definition) is 0. The average Bonchev–Trinajstić information content (AvgIpc) is 1.55. The zero-order valence-corrected chi connectivity index (χ0v) is 68.9. The predicted octanol–water partition coefficient (Wildman–Crippen LogP) is 31.3. The number of nitrogens with zero attached hydrogens (tertiary/aromatic N) is 8. The molecule has 0 aliphatic heterocycles. The summed E-state index contributed by atoms with van der Waals surface area (Å²) in [5.41, 5.74) is 27.3. The molecule has 19 aromatic carbocycles. The molecule has 0 spiro atoms. The number of furan rings is 2. The van der Waals surface area contributed by atoms with E-state index in [1.165, 1.54) is 65.1 Å². The number of para-hydroxylation sites is 5. The molecule has 0 aliphatic rings. The van der Waals surface area contributed by atoms with Gasteiger partial charge in [-0.3, -0.25) is 9.13 Å². The van der Waals surface area contributed by atoms with Crippen LogP contribution in [0.15, 0.2) is 421 Å². The van der Waals surface area contributed by atoms with Crippen LogP contribution in [0, 0.1) is 0 Å². The Kier molecular flexibility index (Phi) is 15.5. The smallest absolute Gasteiger partial charge is 0.235 e. The summed E-state index contributed by atoms with van der Waals surface area (Å²) in [5, 5.41) is 20.0. The zero-order chi connectivity index (χ0) is 83.1. The lowest BCUT2D eigenvalue weighted by atomic mass is 10.0. The minimum atomic E-state index is 0.623. The van der Waals surface area contributed by atoms with E-state index in [9.17, 15) is 0 Å². The van der Waals surface area contributed by atoms with Crippen molar-refractivity contribution >= 4 is 195 Å². The fraction of sp³-hybridized carbons (Fsp3) is 0. The van der Waals surface area contributed by atoms with E-state index in [1.54, 1.807) is 11.3 Å². The van der Waals surface area contributed by atoms with Crippen molar-refractivity contribution < 1.29 is 8.83 Å². The molecule has 0 saturated heterocycles. The Bertz CT molecular complexity index is 9490. The topological polar surface area (TPSA) is 97.6 Å². The third kappa shape index (κ3) is 10.8. The van der Waals surface area contributed by atoms with Gasteiger partial charge in [0.05, 0.1) is 93.4 Å². The van der Waals surface area contributed by atoms with Gasteiger partial charge in [-0.1, -0.05) is 309 Å². The van der Waals surface area contributed by atoms with Gasteiger partial charge in [0, 0.05) is 102 Å². The monoisotopic (exact) mass is 1640 g/mol. The molecule has 0 atom stereocenters. The highest BCUT2D eigenvalue weighted by atomic mass is 32.1.